The first kappa shape index (κ1) is 16.8. The van der Waals surface area contributed by atoms with Gasteiger partial charge in [0.15, 0.2) is 11.5 Å². The van der Waals surface area contributed by atoms with E-state index < -0.39 is 0 Å². The molecular weight excluding hydrogens is 336 g/mol. The molecule has 0 aliphatic rings. The number of nitrogens with zero attached hydrogens (tertiary/aromatic N) is 2. The topological polar surface area (TPSA) is 81.8 Å². The van der Waals surface area contributed by atoms with Crippen molar-refractivity contribution in [2.75, 3.05) is 18.3 Å². The smallest absolute Gasteiger partial charge is 0.205 e. The first-order chi connectivity index (χ1) is 12.2. The molecule has 3 rings (SSSR count). The van der Waals surface area contributed by atoms with Gasteiger partial charge in [0.05, 0.1) is 13.3 Å². The van der Waals surface area contributed by atoms with Crippen LogP contribution in [0.15, 0.2) is 59.0 Å². The van der Waals surface area contributed by atoms with Crippen LogP contribution in [0.3, 0.4) is 0 Å². The average Bonchev–Trinajstić information content (AvgIpc) is 3.06. The van der Waals surface area contributed by atoms with E-state index in [0.717, 1.165) is 11.1 Å². The van der Waals surface area contributed by atoms with Crippen molar-refractivity contribution < 1.29 is 9.47 Å². The highest BCUT2D eigenvalue weighted by atomic mass is 32.1. The fourth-order valence-corrected chi connectivity index (χ4v) is 2.67. The molecule has 0 aliphatic carbocycles. The summed E-state index contributed by atoms with van der Waals surface area (Å²) in [7, 11) is 1.61. The van der Waals surface area contributed by atoms with Crippen LogP contribution in [-0.2, 0) is 6.61 Å². The molecule has 0 spiro atoms. The Morgan fingerprint density at radius 1 is 1.20 bits per heavy atom. The Hall–Kier alpha value is -3.06. The first-order valence-electron chi connectivity index (χ1n) is 7.59. The molecule has 2 aromatic carbocycles. The quantitative estimate of drug-likeness (QED) is 0.499. The second kappa shape index (κ2) is 8.16. The number of hydrogen-bond acceptors (Lipinski definition) is 7. The average molecular weight is 354 g/mol. The summed E-state index contributed by atoms with van der Waals surface area (Å²) in [5, 5.41) is 6.54. The van der Waals surface area contributed by atoms with E-state index in [4.69, 9.17) is 15.2 Å². The van der Waals surface area contributed by atoms with Crippen molar-refractivity contribution in [2.45, 2.75) is 6.61 Å². The second-order valence-corrected chi connectivity index (χ2v) is 5.99. The summed E-state index contributed by atoms with van der Waals surface area (Å²) in [5.41, 5.74) is 10.4. The van der Waals surface area contributed by atoms with Gasteiger partial charge in [0, 0.05) is 5.38 Å². The number of aromatic nitrogens is 1. The van der Waals surface area contributed by atoms with Crippen LogP contribution >= 0.6 is 11.3 Å². The molecule has 25 heavy (non-hydrogen) atoms. The Kier molecular flexibility index (Phi) is 5.48. The molecule has 0 radical (unpaired) electrons. The zero-order valence-corrected chi connectivity index (χ0v) is 14.5. The van der Waals surface area contributed by atoms with Gasteiger partial charge in [0.25, 0.3) is 0 Å². The number of nitrogens with two attached hydrogens (primary N) is 1. The molecule has 3 N–H and O–H groups in total. The largest absolute Gasteiger partial charge is 0.493 e. The number of benzene rings is 2. The summed E-state index contributed by atoms with van der Waals surface area (Å²) in [5.74, 6) is 1.81. The zero-order valence-electron chi connectivity index (χ0n) is 13.7. The number of rotatable bonds is 7. The van der Waals surface area contributed by atoms with Gasteiger partial charge in [-0.15, -0.1) is 11.3 Å². The van der Waals surface area contributed by atoms with E-state index in [9.17, 15) is 0 Å². The molecule has 0 atom stereocenters. The van der Waals surface area contributed by atoms with Crippen molar-refractivity contribution in [3.8, 4) is 11.5 Å². The number of methoxy groups -OCH3 is 1. The summed E-state index contributed by atoms with van der Waals surface area (Å²) < 4.78 is 11.2. The molecule has 0 fully saturated rings. The number of hydrogen-bond donors (Lipinski definition) is 2. The van der Waals surface area contributed by atoms with Crippen LogP contribution in [-0.4, -0.2) is 18.3 Å². The minimum Gasteiger partial charge on any atom is -0.493 e. The molecule has 3 aromatic rings. The molecule has 0 amide bonds. The minimum absolute atomic E-state index is 0.476. The van der Waals surface area contributed by atoms with Crippen molar-refractivity contribution in [3.05, 3.63) is 65.0 Å². The molecule has 0 bridgehead atoms. The number of anilines is 2. The second-order valence-electron chi connectivity index (χ2n) is 5.13. The molecule has 128 valence electrons. The minimum atomic E-state index is 0.476. The lowest BCUT2D eigenvalue weighted by Crippen LogP contribution is -1.98. The van der Waals surface area contributed by atoms with Crippen molar-refractivity contribution >= 4 is 28.5 Å². The van der Waals surface area contributed by atoms with Gasteiger partial charge in [-0.2, -0.15) is 5.10 Å². The number of nitrogen functional groups attached to an aromatic ring is 1. The fraction of sp³-hybridized carbons (Fsp3) is 0.111. The maximum atomic E-state index is 5.84. The van der Waals surface area contributed by atoms with E-state index in [-0.39, 0.29) is 0 Å². The standard InChI is InChI=1S/C18H18N4O2S/c1-23-16-9-14(10-20-22-18-21-17(19)12-25-18)7-8-15(16)24-11-13-5-3-2-4-6-13/h2-10,12H,11,19H2,1H3,(H,21,22). The van der Waals surface area contributed by atoms with Gasteiger partial charge in [-0.1, -0.05) is 30.3 Å². The molecule has 7 heteroatoms. The number of ether oxygens (including phenoxy) is 2. The van der Waals surface area contributed by atoms with Crippen molar-refractivity contribution in [3.63, 3.8) is 0 Å². The maximum Gasteiger partial charge on any atom is 0.205 e. The highest BCUT2D eigenvalue weighted by Crippen LogP contribution is 2.28. The Balaban J connectivity index is 1.64. The summed E-state index contributed by atoms with van der Waals surface area (Å²) in [6.07, 6.45) is 1.68. The van der Waals surface area contributed by atoms with Crippen LogP contribution in [0.2, 0.25) is 0 Å². The Bertz CT molecular complexity index is 849. The third kappa shape index (κ3) is 4.71. The van der Waals surface area contributed by atoms with E-state index in [1.807, 2.05) is 48.5 Å². The van der Waals surface area contributed by atoms with E-state index in [1.165, 1.54) is 11.3 Å². The van der Waals surface area contributed by atoms with E-state index >= 15 is 0 Å². The molecule has 0 saturated carbocycles. The van der Waals surface area contributed by atoms with Crippen molar-refractivity contribution in [1.29, 1.82) is 0 Å². The summed E-state index contributed by atoms with van der Waals surface area (Å²) in [6.45, 7) is 0.484. The van der Waals surface area contributed by atoms with Crippen LogP contribution in [0.4, 0.5) is 10.9 Å². The molecule has 0 saturated heterocycles. The lowest BCUT2D eigenvalue weighted by atomic mass is 10.2. The SMILES string of the molecule is COc1cc(C=NNc2nc(N)cs2)ccc1OCc1ccccc1. The molecule has 0 aliphatic heterocycles. The predicted octanol–water partition coefficient (Wildman–Crippen LogP) is 3.76. The Labute approximate surface area is 149 Å². The fourth-order valence-electron chi connectivity index (χ4n) is 2.12. The van der Waals surface area contributed by atoms with Gasteiger partial charge in [0.1, 0.15) is 12.4 Å². The Morgan fingerprint density at radius 3 is 2.76 bits per heavy atom. The van der Waals surface area contributed by atoms with Crippen LogP contribution in [0.5, 0.6) is 11.5 Å². The van der Waals surface area contributed by atoms with Gasteiger partial charge < -0.3 is 15.2 Å². The van der Waals surface area contributed by atoms with E-state index in [1.54, 1.807) is 18.7 Å². The normalized spacial score (nSPS) is 10.8. The number of nitrogens with one attached hydrogen (secondary N) is 1. The van der Waals surface area contributed by atoms with Crippen LogP contribution in [0.1, 0.15) is 11.1 Å². The predicted molar refractivity (Wildman–Crippen MR) is 102 cm³/mol. The van der Waals surface area contributed by atoms with Gasteiger partial charge in [-0.25, -0.2) is 4.98 Å². The van der Waals surface area contributed by atoms with Gasteiger partial charge in [0.2, 0.25) is 5.13 Å². The molecule has 1 heterocycles. The summed E-state index contributed by atoms with van der Waals surface area (Å²) >= 11 is 1.39. The van der Waals surface area contributed by atoms with E-state index in [2.05, 4.69) is 15.5 Å². The Morgan fingerprint density at radius 2 is 2.04 bits per heavy atom. The molecule has 0 unspecified atom stereocenters. The summed E-state index contributed by atoms with van der Waals surface area (Å²) in [4.78, 5) is 4.07. The van der Waals surface area contributed by atoms with Crippen LogP contribution in [0, 0.1) is 0 Å². The number of hydrazone groups is 1. The highest BCUT2D eigenvalue weighted by molar-refractivity contribution is 7.14. The molecule has 6 nitrogen and oxygen atoms in total. The number of thiazole rings is 1. The van der Waals surface area contributed by atoms with Gasteiger partial charge in [-0.05, 0) is 29.3 Å². The van der Waals surface area contributed by atoms with Crippen molar-refractivity contribution in [2.24, 2.45) is 5.10 Å². The lowest BCUT2D eigenvalue weighted by molar-refractivity contribution is 0.284. The zero-order chi connectivity index (χ0) is 17.5. The monoisotopic (exact) mass is 354 g/mol. The van der Waals surface area contributed by atoms with Crippen LogP contribution < -0.4 is 20.6 Å². The maximum absolute atomic E-state index is 5.84. The third-order valence-electron chi connectivity index (χ3n) is 3.32. The van der Waals surface area contributed by atoms with E-state index in [0.29, 0.717) is 29.1 Å². The summed E-state index contributed by atoms with van der Waals surface area (Å²) in [6, 6.07) is 15.6. The lowest BCUT2D eigenvalue weighted by Gasteiger charge is -2.11. The molecule has 1 aromatic heterocycles. The molecular formula is C18H18N4O2S. The van der Waals surface area contributed by atoms with Crippen molar-refractivity contribution in [1.82, 2.24) is 4.98 Å². The third-order valence-corrected chi connectivity index (χ3v) is 4.09. The van der Waals surface area contributed by atoms with Gasteiger partial charge in [-0.3, -0.25) is 5.43 Å². The van der Waals surface area contributed by atoms with Gasteiger partial charge >= 0.3 is 0 Å². The van der Waals surface area contributed by atoms with Crippen LogP contribution in [0.25, 0.3) is 0 Å². The highest BCUT2D eigenvalue weighted by Gasteiger charge is 2.05. The first-order valence-corrected chi connectivity index (χ1v) is 8.47.